The molecule has 0 saturated carbocycles. The zero-order chi connectivity index (χ0) is 24.6. The average molecular weight is 513 g/mol. The summed E-state index contributed by atoms with van der Waals surface area (Å²) in [6, 6.07) is 19.2. The molecule has 0 fully saturated rings. The van der Waals surface area contributed by atoms with Crippen molar-refractivity contribution >= 4 is 34.0 Å². The Morgan fingerprint density at radius 1 is 1.00 bits per heavy atom. The number of aliphatic hydroxyl groups is 1. The SMILES string of the molecule is CCS(=O)c1cccc(-c2ccc(-n3cc(C(C)(C)O)nc3-c3cccc(Cl)c3C)c(Cl)c2)c1. The standard InChI is InChI=1S/C27H26Cl2N2O2S/c1-5-34(33)20-9-6-8-18(14-20)19-12-13-24(23(29)15-19)31-16-25(27(3,4)32)30-26(31)21-10-7-11-22(28)17(21)2/h6-16,32H,5H2,1-4H3. The number of imidazole rings is 1. The number of rotatable bonds is 6. The molecule has 4 rings (SSSR count). The van der Waals surface area contributed by atoms with E-state index in [2.05, 4.69) is 0 Å². The van der Waals surface area contributed by atoms with Gasteiger partial charge >= 0.3 is 0 Å². The van der Waals surface area contributed by atoms with E-state index in [0.717, 1.165) is 32.8 Å². The smallest absolute Gasteiger partial charge is 0.145 e. The Balaban J connectivity index is 1.85. The van der Waals surface area contributed by atoms with E-state index in [1.54, 1.807) is 13.8 Å². The molecule has 0 aliphatic rings. The summed E-state index contributed by atoms with van der Waals surface area (Å²) in [6.45, 7) is 7.25. The third-order valence-corrected chi connectivity index (χ3v) is 7.76. The summed E-state index contributed by atoms with van der Waals surface area (Å²) in [4.78, 5) is 5.55. The maximum absolute atomic E-state index is 12.3. The fourth-order valence-corrected chi connectivity index (χ4v) is 5.03. The fourth-order valence-electron chi connectivity index (χ4n) is 3.76. The Kier molecular flexibility index (Phi) is 7.02. The molecule has 34 heavy (non-hydrogen) atoms. The van der Waals surface area contributed by atoms with Crippen LogP contribution in [0.25, 0.3) is 28.2 Å². The Hall–Kier alpha value is -2.44. The van der Waals surface area contributed by atoms with Crippen LogP contribution in [0.15, 0.2) is 71.8 Å². The van der Waals surface area contributed by atoms with Crippen LogP contribution in [-0.2, 0) is 16.4 Å². The lowest BCUT2D eigenvalue weighted by Gasteiger charge is -2.14. The predicted molar refractivity (Wildman–Crippen MR) is 141 cm³/mol. The van der Waals surface area contributed by atoms with Crippen LogP contribution >= 0.6 is 23.2 Å². The second kappa shape index (κ2) is 9.67. The lowest BCUT2D eigenvalue weighted by Crippen LogP contribution is -2.15. The van der Waals surface area contributed by atoms with Gasteiger partial charge in [-0.2, -0.15) is 0 Å². The summed E-state index contributed by atoms with van der Waals surface area (Å²) in [6.07, 6.45) is 1.81. The lowest BCUT2D eigenvalue weighted by atomic mass is 10.0. The van der Waals surface area contributed by atoms with Crippen LogP contribution in [0.3, 0.4) is 0 Å². The molecule has 7 heteroatoms. The minimum Gasteiger partial charge on any atom is -0.384 e. The van der Waals surface area contributed by atoms with Gasteiger partial charge in [-0.1, -0.05) is 60.5 Å². The molecule has 1 atom stereocenters. The molecule has 1 unspecified atom stereocenters. The van der Waals surface area contributed by atoms with Gasteiger partial charge in [0.2, 0.25) is 0 Å². The quantitative estimate of drug-likeness (QED) is 0.297. The summed E-state index contributed by atoms with van der Waals surface area (Å²) in [5.74, 6) is 1.21. The van der Waals surface area contributed by atoms with Crippen molar-refractivity contribution in [3.05, 3.63) is 88.2 Å². The molecule has 0 spiro atoms. The molecule has 0 radical (unpaired) electrons. The van der Waals surface area contributed by atoms with Crippen molar-refractivity contribution in [2.45, 2.75) is 38.2 Å². The zero-order valence-corrected chi connectivity index (χ0v) is 21.8. The van der Waals surface area contributed by atoms with E-state index in [4.69, 9.17) is 28.2 Å². The third-order valence-electron chi connectivity index (χ3n) is 5.74. The van der Waals surface area contributed by atoms with E-state index in [1.165, 1.54) is 0 Å². The molecule has 0 saturated heterocycles. The molecule has 1 heterocycles. The van der Waals surface area contributed by atoms with Crippen LogP contribution in [0.4, 0.5) is 0 Å². The van der Waals surface area contributed by atoms with Gasteiger partial charge in [0.25, 0.3) is 0 Å². The molecule has 0 aliphatic heterocycles. The van der Waals surface area contributed by atoms with Gasteiger partial charge in [-0.3, -0.25) is 8.78 Å². The molecule has 176 valence electrons. The Morgan fingerprint density at radius 3 is 2.38 bits per heavy atom. The summed E-state index contributed by atoms with van der Waals surface area (Å²) in [5.41, 5.74) is 3.75. The molecular weight excluding hydrogens is 487 g/mol. The van der Waals surface area contributed by atoms with Crippen molar-refractivity contribution in [3.8, 4) is 28.2 Å². The number of benzene rings is 3. The van der Waals surface area contributed by atoms with Crippen molar-refractivity contribution in [1.29, 1.82) is 0 Å². The van der Waals surface area contributed by atoms with Gasteiger partial charge in [-0.25, -0.2) is 4.98 Å². The minimum absolute atomic E-state index is 0.525. The van der Waals surface area contributed by atoms with Crippen molar-refractivity contribution in [2.24, 2.45) is 0 Å². The van der Waals surface area contributed by atoms with E-state index in [1.807, 2.05) is 85.3 Å². The molecule has 3 aromatic carbocycles. The van der Waals surface area contributed by atoms with Crippen LogP contribution in [0.5, 0.6) is 0 Å². The zero-order valence-electron chi connectivity index (χ0n) is 19.5. The normalized spacial score (nSPS) is 12.7. The van der Waals surface area contributed by atoms with Crippen molar-refractivity contribution < 1.29 is 9.32 Å². The van der Waals surface area contributed by atoms with Gasteiger partial charge in [0.05, 0.1) is 27.2 Å². The first-order chi connectivity index (χ1) is 16.1. The Labute approximate surface area is 212 Å². The predicted octanol–water partition coefficient (Wildman–Crippen LogP) is 7.18. The van der Waals surface area contributed by atoms with E-state index in [0.29, 0.717) is 27.3 Å². The number of nitrogens with zero attached hydrogens (tertiary/aromatic N) is 2. The number of halogens is 2. The molecule has 0 aliphatic carbocycles. The van der Waals surface area contributed by atoms with Gasteiger partial charge in [0.15, 0.2) is 0 Å². The first-order valence-corrected chi connectivity index (χ1v) is 13.0. The van der Waals surface area contributed by atoms with E-state index < -0.39 is 16.4 Å². The van der Waals surface area contributed by atoms with Gasteiger partial charge in [0.1, 0.15) is 11.4 Å². The van der Waals surface area contributed by atoms with Gasteiger partial charge < -0.3 is 5.11 Å². The molecule has 0 amide bonds. The highest BCUT2D eigenvalue weighted by atomic mass is 35.5. The number of aromatic nitrogens is 2. The Bertz CT molecular complexity index is 1390. The number of hydrogen-bond donors (Lipinski definition) is 1. The second-order valence-electron chi connectivity index (χ2n) is 8.62. The van der Waals surface area contributed by atoms with Crippen LogP contribution in [0, 0.1) is 6.92 Å². The highest BCUT2D eigenvalue weighted by Crippen LogP contribution is 2.35. The van der Waals surface area contributed by atoms with Gasteiger partial charge in [-0.05, 0) is 67.8 Å². The summed E-state index contributed by atoms with van der Waals surface area (Å²) in [7, 11) is -1.03. The van der Waals surface area contributed by atoms with Gasteiger partial charge in [0, 0.05) is 27.4 Å². The van der Waals surface area contributed by atoms with Crippen LogP contribution in [0.2, 0.25) is 10.0 Å². The molecule has 4 nitrogen and oxygen atoms in total. The van der Waals surface area contributed by atoms with E-state index in [-0.39, 0.29) is 0 Å². The maximum Gasteiger partial charge on any atom is 0.145 e. The topological polar surface area (TPSA) is 55.1 Å². The molecule has 4 aromatic rings. The molecule has 0 bridgehead atoms. The van der Waals surface area contributed by atoms with Crippen molar-refractivity contribution in [2.75, 3.05) is 5.75 Å². The first-order valence-electron chi connectivity index (χ1n) is 11.0. The highest BCUT2D eigenvalue weighted by molar-refractivity contribution is 7.85. The second-order valence-corrected chi connectivity index (χ2v) is 11.2. The monoisotopic (exact) mass is 512 g/mol. The first kappa shape index (κ1) is 24.7. The summed E-state index contributed by atoms with van der Waals surface area (Å²) >= 11 is 13.2. The maximum atomic E-state index is 12.3. The third kappa shape index (κ3) is 4.84. The van der Waals surface area contributed by atoms with Gasteiger partial charge in [-0.15, -0.1) is 0 Å². The number of hydrogen-bond acceptors (Lipinski definition) is 3. The lowest BCUT2D eigenvalue weighted by molar-refractivity contribution is 0.0743. The highest BCUT2D eigenvalue weighted by Gasteiger charge is 2.24. The largest absolute Gasteiger partial charge is 0.384 e. The van der Waals surface area contributed by atoms with Crippen LogP contribution < -0.4 is 0 Å². The van der Waals surface area contributed by atoms with Crippen molar-refractivity contribution in [3.63, 3.8) is 0 Å². The fraction of sp³-hybridized carbons (Fsp3) is 0.222. The average Bonchev–Trinajstić information content (AvgIpc) is 3.26. The molecule has 1 aromatic heterocycles. The Morgan fingerprint density at radius 2 is 1.71 bits per heavy atom. The molecular formula is C27H26Cl2N2O2S. The van der Waals surface area contributed by atoms with E-state index >= 15 is 0 Å². The van der Waals surface area contributed by atoms with Crippen molar-refractivity contribution in [1.82, 2.24) is 9.55 Å². The minimum atomic E-state index is -1.13. The van der Waals surface area contributed by atoms with Crippen LogP contribution in [0.1, 0.15) is 32.0 Å². The summed E-state index contributed by atoms with van der Waals surface area (Å²) in [5, 5.41) is 11.8. The molecule has 1 N–H and O–H groups in total. The summed E-state index contributed by atoms with van der Waals surface area (Å²) < 4.78 is 14.1. The van der Waals surface area contributed by atoms with Crippen LogP contribution in [-0.4, -0.2) is 24.6 Å². The van der Waals surface area contributed by atoms with E-state index in [9.17, 15) is 9.32 Å².